The van der Waals surface area contributed by atoms with Gasteiger partial charge in [-0.3, -0.25) is 14.4 Å². The zero-order chi connectivity index (χ0) is 21.9. The molecule has 1 aliphatic rings. The molecule has 0 bridgehead atoms. The number of aryl methyl sites for hydroxylation is 1. The lowest BCUT2D eigenvalue weighted by Gasteiger charge is -2.29. The molecule has 0 aliphatic carbocycles. The maximum atomic E-state index is 12.8. The van der Waals surface area contributed by atoms with Crippen molar-refractivity contribution in [1.82, 2.24) is 19.0 Å². The standard InChI is InChI=1S/C18H22N4O4.CH2O2/c1-10-11(2)20(4)15(19-10)9-22-8-13-7-21(12(3)23)6-5-14(13)16(17(22)24)18(25)26;2-1-3/h8H,5-7,9H2,1-4H3,(H,25,26);1H,(H,2,3). The Bertz CT molecular complexity index is 1020. The third-order valence-electron chi connectivity index (χ3n) is 5.15. The third-order valence-corrected chi connectivity index (χ3v) is 5.15. The minimum atomic E-state index is -1.23. The first-order chi connectivity index (χ1) is 13.6. The number of nitrogens with zero attached hydrogens (tertiary/aromatic N) is 4. The van der Waals surface area contributed by atoms with Crippen molar-refractivity contribution in [3.05, 3.63) is 50.5 Å². The fourth-order valence-electron chi connectivity index (χ4n) is 3.40. The number of amides is 1. The number of carboxylic acid groups (broad SMARTS) is 2. The number of hydrogen-bond donors (Lipinski definition) is 2. The van der Waals surface area contributed by atoms with Crippen LogP contribution >= 0.6 is 0 Å². The Hall–Kier alpha value is -3.43. The maximum Gasteiger partial charge on any atom is 0.341 e. The molecule has 1 aliphatic heterocycles. The van der Waals surface area contributed by atoms with Crippen LogP contribution in [0.2, 0.25) is 0 Å². The van der Waals surface area contributed by atoms with Crippen molar-refractivity contribution >= 4 is 18.3 Å². The molecule has 10 heteroatoms. The van der Waals surface area contributed by atoms with E-state index in [4.69, 9.17) is 9.90 Å². The topological polar surface area (TPSA) is 135 Å². The lowest BCUT2D eigenvalue weighted by Crippen LogP contribution is -2.39. The molecule has 0 radical (unpaired) electrons. The minimum Gasteiger partial charge on any atom is -0.483 e. The second kappa shape index (κ2) is 8.72. The summed E-state index contributed by atoms with van der Waals surface area (Å²) >= 11 is 0. The molecule has 0 saturated heterocycles. The lowest BCUT2D eigenvalue weighted by molar-refractivity contribution is -0.129. The van der Waals surface area contributed by atoms with Gasteiger partial charge in [0.1, 0.15) is 11.4 Å². The van der Waals surface area contributed by atoms with E-state index in [9.17, 15) is 19.5 Å². The van der Waals surface area contributed by atoms with E-state index < -0.39 is 11.5 Å². The van der Waals surface area contributed by atoms with Gasteiger partial charge in [-0.1, -0.05) is 0 Å². The fourth-order valence-corrected chi connectivity index (χ4v) is 3.40. The molecular weight excluding hydrogens is 380 g/mol. The van der Waals surface area contributed by atoms with E-state index in [1.807, 2.05) is 25.5 Å². The normalized spacial score (nSPS) is 12.6. The lowest BCUT2D eigenvalue weighted by atomic mass is 9.96. The zero-order valence-corrected chi connectivity index (χ0v) is 16.8. The monoisotopic (exact) mass is 404 g/mol. The van der Waals surface area contributed by atoms with Crippen molar-refractivity contribution in [2.45, 2.75) is 40.3 Å². The van der Waals surface area contributed by atoms with Gasteiger partial charge in [0.15, 0.2) is 0 Å². The number of carboxylic acids is 1. The van der Waals surface area contributed by atoms with Crippen LogP contribution in [0, 0.1) is 13.8 Å². The highest BCUT2D eigenvalue weighted by molar-refractivity contribution is 5.89. The predicted octanol–water partition coefficient (Wildman–Crippen LogP) is 0.551. The number of carbonyl (C=O) groups excluding carboxylic acids is 1. The number of hydrogen-bond acceptors (Lipinski definition) is 5. The molecule has 0 atom stereocenters. The number of aromatic nitrogens is 3. The van der Waals surface area contributed by atoms with Crippen LogP contribution in [0.25, 0.3) is 0 Å². The van der Waals surface area contributed by atoms with Gasteiger partial charge in [0, 0.05) is 39.0 Å². The summed E-state index contributed by atoms with van der Waals surface area (Å²) in [6.07, 6.45) is 2.03. The van der Waals surface area contributed by atoms with E-state index in [0.29, 0.717) is 36.5 Å². The van der Waals surface area contributed by atoms with Gasteiger partial charge in [-0.05, 0) is 31.4 Å². The average Bonchev–Trinajstić information content (AvgIpc) is 2.89. The van der Waals surface area contributed by atoms with E-state index in [2.05, 4.69) is 4.98 Å². The Balaban J connectivity index is 0.000000941. The Morgan fingerprint density at radius 2 is 1.93 bits per heavy atom. The van der Waals surface area contributed by atoms with Gasteiger partial charge in [0.2, 0.25) is 5.91 Å². The van der Waals surface area contributed by atoms with Crippen LogP contribution < -0.4 is 5.56 Å². The molecule has 0 spiro atoms. The first-order valence-electron chi connectivity index (χ1n) is 8.92. The van der Waals surface area contributed by atoms with Crippen molar-refractivity contribution in [3.8, 4) is 0 Å². The number of pyridine rings is 1. The number of aromatic carboxylic acids is 1. The van der Waals surface area contributed by atoms with E-state index in [1.165, 1.54) is 11.5 Å². The summed E-state index contributed by atoms with van der Waals surface area (Å²) in [7, 11) is 1.86. The molecular formula is C19H24N4O6. The Morgan fingerprint density at radius 1 is 1.31 bits per heavy atom. The largest absolute Gasteiger partial charge is 0.483 e. The van der Waals surface area contributed by atoms with Crippen LogP contribution in [-0.2, 0) is 36.1 Å². The van der Waals surface area contributed by atoms with Gasteiger partial charge in [0.05, 0.1) is 12.2 Å². The Labute approximate surface area is 167 Å². The average molecular weight is 404 g/mol. The predicted molar refractivity (Wildman–Crippen MR) is 103 cm³/mol. The van der Waals surface area contributed by atoms with E-state index in [-0.39, 0.29) is 24.5 Å². The van der Waals surface area contributed by atoms with Gasteiger partial charge >= 0.3 is 5.97 Å². The van der Waals surface area contributed by atoms with E-state index in [1.54, 1.807) is 11.1 Å². The maximum absolute atomic E-state index is 12.8. The van der Waals surface area contributed by atoms with E-state index >= 15 is 0 Å². The third kappa shape index (κ3) is 4.36. The summed E-state index contributed by atoms with van der Waals surface area (Å²) in [6.45, 7) is 5.97. The number of imidazole rings is 1. The van der Waals surface area contributed by atoms with Gasteiger partial charge in [-0.15, -0.1) is 0 Å². The molecule has 29 heavy (non-hydrogen) atoms. The molecule has 0 unspecified atom stereocenters. The summed E-state index contributed by atoms with van der Waals surface area (Å²) < 4.78 is 3.27. The SMILES string of the molecule is CC(=O)N1CCc2c(cn(Cc3nc(C)c(C)n3C)c(=O)c2C(=O)O)C1.O=CO. The molecule has 0 fully saturated rings. The second-order valence-electron chi connectivity index (χ2n) is 6.80. The molecule has 0 aromatic carbocycles. The van der Waals surface area contributed by atoms with Crippen molar-refractivity contribution in [2.75, 3.05) is 6.54 Å². The molecule has 3 rings (SSSR count). The smallest absolute Gasteiger partial charge is 0.341 e. The van der Waals surface area contributed by atoms with Crippen LogP contribution in [0.1, 0.15) is 45.6 Å². The van der Waals surface area contributed by atoms with Crippen molar-refractivity contribution < 1.29 is 24.6 Å². The van der Waals surface area contributed by atoms with Crippen molar-refractivity contribution in [1.29, 1.82) is 0 Å². The summed E-state index contributed by atoms with van der Waals surface area (Å²) in [4.78, 5) is 50.7. The summed E-state index contributed by atoms with van der Waals surface area (Å²) in [6, 6.07) is 0. The summed E-state index contributed by atoms with van der Waals surface area (Å²) in [5.41, 5.74) is 2.36. The highest BCUT2D eigenvalue weighted by Gasteiger charge is 2.27. The molecule has 2 aromatic heterocycles. The van der Waals surface area contributed by atoms with Gasteiger partial charge in [-0.2, -0.15) is 0 Å². The quantitative estimate of drug-likeness (QED) is 0.713. The molecule has 3 heterocycles. The molecule has 10 nitrogen and oxygen atoms in total. The molecule has 0 saturated carbocycles. The van der Waals surface area contributed by atoms with Gasteiger partial charge in [-0.25, -0.2) is 9.78 Å². The van der Waals surface area contributed by atoms with Gasteiger partial charge < -0.3 is 24.2 Å². The number of carbonyl (C=O) groups is 3. The molecule has 2 N–H and O–H groups in total. The van der Waals surface area contributed by atoms with Crippen LogP contribution in [-0.4, -0.2) is 54.1 Å². The first-order valence-corrected chi connectivity index (χ1v) is 8.92. The van der Waals surface area contributed by atoms with Crippen LogP contribution in [0.15, 0.2) is 11.0 Å². The van der Waals surface area contributed by atoms with Gasteiger partial charge in [0.25, 0.3) is 12.0 Å². The van der Waals surface area contributed by atoms with Crippen LogP contribution in [0.3, 0.4) is 0 Å². The van der Waals surface area contributed by atoms with Crippen molar-refractivity contribution in [3.63, 3.8) is 0 Å². The summed E-state index contributed by atoms with van der Waals surface area (Å²) in [5, 5.41) is 16.5. The molecule has 156 valence electrons. The number of rotatable bonds is 3. The Morgan fingerprint density at radius 3 is 2.41 bits per heavy atom. The number of fused-ring (bicyclic) bond motifs is 1. The first kappa shape index (κ1) is 21.9. The zero-order valence-electron chi connectivity index (χ0n) is 16.8. The summed E-state index contributed by atoms with van der Waals surface area (Å²) in [5.74, 6) is -0.623. The van der Waals surface area contributed by atoms with Crippen LogP contribution in [0.4, 0.5) is 0 Å². The highest BCUT2D eigenvalue weighted by atomic mass is 16.4. The van der Waals surface area contributed by atoms with Crippen LogP contribution in [0.5, 0.6) is 0 Å². The minimum absolute atomic E-state index is 0.0689. The second-order valence-corrected chi connectivity index (χ2v) is 6.80. The molecule has 1 amide bonds. The highest BCUT2D eigenvalue weighted by Crippen LogP contribution is 2.21. The fraction of sp³-hybridized carbons (Fsp3) is 0.421. The van der Waals surface area contributed by atoms with Crippen molar-refractivity contribution in [2.24, 2.45) is 7.05 Å². The molecule has 2 aromatic rings. The Kier molecular flexibility index (Phi) is 6.57. The van der Waals surface area contributed by atoms with E-state index in [0.717, 1.165) is 11.4 Å².